The first kappa shape index (κ1) is 17.4. The number of hydrogen-bond acceptors (Lipinski definition) is 4. The van der Waals surface area contributed by atoms with E-state index in [1.54, 1.807) is 18.5 Å². The Kier molecular flexibility index (Phi) is 4.20. The Morgan fingerprint density at radius 3 is 2.79 bits per heavy atom. The highest BCUT2D eigenvalue weighted by atomic mass is 16.2. The van der Waals surface area contributed by atoms with Crippen molar-refractivity contribution in [2.24, 2.45) is 5.92 Å². The minimum Gasteiger partial charge on any atom is -0.338 e. The van der Waals surface area contributed by atoms with Crippen molar-refractivity contribution in [3.05, 3.63) is 89.2 Å². The van der Waals surface area contributed by atoms with Gasteiger partial charge in [0.2, 0.25) is 0 Å². The topological polar surface area (TPSA) is 72.5 Å². The van der Waals surface area contributed by atoms with Gasteiger partial charge in [-0.05, 0) is 36.4 Å². The number of amides is 1. The number of fused-ring (bicyclic) bond motifs is 1. The molecule has 0 bridgehead atoms. The first-order valence-electron chi connectivity index (χ1n) is 9.52. The van der Waals surface area contributed by atoms with Crippen LogP contribution in [0.2, 0.25) is 0 Å². The zero-order chi connectivity index (χ0) is 19.8. The molecule has 1 fully saturated rings. The summed E-state index contributed by atoms with van der Waals surface area (Å²) in [5, 5.41) is 4.48. The van der Waals surface area contributed by atoms with Crippen LogP contribution in [0.4, 0.5) is 0 Å². The zero-order valence-electron chi connectivity index (χ0n) is 15.7. The number of pyridine rings is 2. The first-order valence-corrected chi connectivity index (χ1v) is 9.52. The monoisotopic (exact) mass is 385 g/mol. The van der Waals surface area contributed by atoms with Gasteiger partial charge in [-0.15, -0.1) is 0 Å². The molecule has 7 nitrogen and oxygen atoms in total. The molecule has 29 heavy (non-hydrogen) atoms. The van der Waals surface area contributed by atoms with Gasteiger partial charge in [0, 0.05) is 60.9 Å². The highest BCUT2D eigenvalue weighted by Gasteiger charge is 2.32. The lowest BCUT2D eigenvalue weighted by Crippen LogP contribution is -2.52. The van der Waals surface area contributed by atoms with Crippen LogP contribution < -0.4 is 5.56 Å². The molecule has 4 aromatic heterocycles. The predicted molar refractivity (Wildman–Crippen MR) is 109 cm³/mol. The molecule has 144 valence electrons. The molecule has 1 saturated heterocycles. The Balaban J connectivity index is 1.27. The molecule has 1 amide bonds. The zero-order valence-corrected chi connectivity index (χ0v) is 15.7. The summed E-state index contributed by atoms with van der Waals surface area (Å²) in [6.07, 6.45) is 7.21. The lowest BCUT2D eigenvalue weighted by atomic mass is 9.99. The SMILES string of the molecule is O=C(c1cc2ccccn2c1)N1CC(Cn2nc(-c3cccnc3)ccc2=O)C1. The van der Waals surface area contributed by atoms with Gasteiger partial charge in [0.05, 0.1) is 17.8 Å². The molecule has 4 aromatic rings. The van der Waals surface area contributed by atoms with Crippen molar-refractivity contribution in [2.45, 2.75) is 6.54 Å². The second-order valence-corrected chi connectivity index (χ2v) is 7.32. The number of aromatic nitrogens is 4. The van der Waals surface area contributed by atoms with Gasteiger partial charge in [-0.1, -0.05) is 6.07 Å². The summed E-state index contributed by atoms with van der Waals surface area (Å²) in [6.45, 7) is 1.74. The fourth-order valence-corrected chi connectivity index (χ4v) is 3.70. The average molecular weight is 385 g/mol. The largest absolute Gasteiger partial charge is 0.338 e. The van der Waals surface area contributed by atoms with Gasteiger partial charge in [-0.2, -0.15) is 5.10 Å². The van der Waals surface area contributed by atoms with Crippen molar-refractivity contribution in [3.8, 4) is 11.3 Å². The molecule has 5 heterocycles. The van der Waals surface area contributed by atoms with Crippen molar-refractivity contribution in [2.75, 3.05) is 13.1 Å². The minimum absolute atomic E-state index is 0.0226. The Hall–Kier alpha value is -3.74. The van der Waals surface area contributed by atoms with Gasteiger partial charge in [-0.3, -0.25) is 14.6 Å². The molecule has 0 atom stereocenters. The Labute approximate surface area is 166 Å². The van der Waals surface area contributed by atoms with E-state index in [1.807, 2.05) is 58.1 Å². The summed E-state index contributed by atoms with van der Waals surface area (Å²) in [4.78, 5) is 30.9. The van der Waals surface area contributed by atoms with Crippen molar-refractivity contribution in [3.63, 3.8) is 0 Å². The third-order valence-corrected chi connectivity index (χ3v) is 5.25. The fraction of sp³-hybridized carbons (Fsp3) is 0.182. The lowest BCUT2D eigenvalue weighted by Gasteiger charge is -2.39. The fourth-order valence-electron chi connectivity index (χ4n) is 3.70. The summed E-state index contributed by atoms with van der Waals surface area (Å²) in [5.74, 6) is 0.236. The molecule has 7 heteroatoms. The Morgan fingerprint density at radius 1 is 1.10 bits per heavy atom. The summed E-state index contributed by atoms with van der Waals surface area (Å²) >= 11 is 0. The molecule has 0 saturated carbocycles. The summed E-state index contributed by atoms with van der Waals surface area (Å²) < 4.78 is 3.43. The maximum Gasteiger partial charge on any atom is 0.266 e. The summed E-state index contributed by atoms with van der Waals surface area (Å²) in [7, 11) is 0. The van der Waals surface area contributed by atoms with Crippen LogP contribution in [0.15, 0.2) is 78.1 Å². The first-order chi connectivity index (χ1) is 14.2. The number of carbonyl (C=O) groups excluding carboxylic acids is 1. The minimum atomic E-state index is -0.138. The molecule has 1 aliphatic heterocycles. The second kappa shape index (κ2) is 7.01. The van der Waals surface area contributed by atoms with Gasteiger partial charge < -0.3 is 9.30 Å². The molecular formula is C22H19N5O2. The van der Waals surface area contributed by atoms with Crippen LogP contribution >= 0.6 is 0 Å². The van der Waals surface area contributed by atoms with E-state index in [0.717, 1.165) is 11.1 Å². The molecule has 0 aliphatic carbocycles. The number of rotatable bonds is 4. The smallest absolute Gasteiger partial charge is 0.266 e. The van der Waals surface area contributed by atoms with E-state index in [1.165, 1.54) is 10.7 Å². The molecule has 0 unspecified atom stereocenters. The van der Waals surface area contributed by atoms with Crippen LogP contribution in [0.3, 0.4) is 0 Å². The van der Waals surface area contributed by atoms with E-state index in [9.17, 15) is 9.59 Å². The van der Waals surface area contributed by atoms with Gasteiger partial charge in [-0.25, -0.2) is 4.68 Å². The lowest BCUT2D eigenvalue weighted by molar-refractivity contribution is 0.0459. The van der Waals surface area contributed by atoms with Crippen LogP contribution in [0, 0.1) is 5.92 Å². The molecule has 0 aromatic carbocycles. The van der Waals surface area contributed by atoms with Crippen molar-refractivity contribution in [1.29, 1.82) is 0 Å². The van der Waals surface area contributed by atoms with E-state index in [-0.39, 0.29) is 17.4 Å². The highest BCUT2D eigenvalue weighted by molar-refractivity contribution is 5.96. The number of carbonyl (C=O) groups is 1. The van der Waals surface area contributed by atoms with Crippen molar-refractivity contribution < 1.29 is 4.79 Å². The van der Waals surface area contributed by atoms with Gasteiger partial charge in [0.25, 0.3) is 11.5 Å². The van der Waals surface area contributed by atoms with E-state index < -0.39 is 0 Å². The van der Waals surface area contributed by atoms with Crippen LogP contribution in [0.25, 0.3) is 16.8 Å². The normalized spacial score (nSPS) is 14.1. The van der Waals surface area contributed by atoms with Gasteiger partial charge in [0.15, 0.2) is 0 Å². The van der Waals surface area contributed by atoms with Gasteiger partial charge >= 0.3 is 0 Å². The maximum absolute atomic E-state index is 12.7. The molecule has 5 rings (SSSR count). The standard InChI is InChI=1S/C22H19N5O2/c28-21-7-6-20(17-4-3-8-23-11-17)24-27(21)14-16-12-26(13-16)22(29)18-10-19-5-1-2-9-25(19)15-18/h1-11,15-16H,12-14H2. The average Bonchev–Trinajstić information content (AvgIpc) is 3.16. The summed E-state index contributed by atoms with van der Waals surface area (Å²) in [6, 6.07) is 14.8. The van der Waals surface area contributed by atoms with Crippen LogP contribution in [0.5, 0.6) is 0 Å². The van der Waals surface area contributed by atoms with E-state index in [0.29, 0.717) is 30.9 Å². The van der Waals surface area contributed by atoms with Crippen molar-refractivity contribution in [1.82, 2.24) is 24.1 Å². The van der Waals surface area contributed by atoms with Gasteiger partial charge in [0.1, 0.15) is 0 Å². The number of nitrogens with zero attached hydrogens (tertiary/aromatic N) is 5. The highest BCUT2D eigenvalue weighted by Crippen LogP contribution is 2.21. The molecule has 0 radical (unpaired) electrons. The third-order valence-electron chi connectivity index (χ3n) is 5.25. The summed E-state index contributed by atoms with van der Waals surface area (Å²) in [5.41, 5.74) is 3.12. The van der Waals surface area contributed by atoms with Crippen LogP contribution in [0.1, 0.15) is 10.4 Å². The maximum atomic E-state index is 12.7. The predicted octanol–water partition coefficient (Wildman–Crippen LogP) is 2.33. The van der Waals surface area contributed by atoms with Crippen LogP contribution in [-0.4, -0.2) is 43.1 Å². The molecule has 0 spiro atoms. The number of hydrogen-bond donors (Lipinski definition) is 0. The second-order valence-electron chi connectivity index (χ2n) is 7.32. The molecular weight excluding hydrogens is 366 g/mol. The molecule has 0 N–H and O–H groups in total. The number of likely N-dealkylation sites (tertiary alicyclic amines) is 1. The Bertz CT molecular complexity index is 1210. The molecule has 1 aliphatic rings. The van der Waals surface area contributed by atoms with Crippen molar-refractivity contribution >= 4 is 11.4 Å². The van der Waals surface area contributed by atoms with E-state index in [4.69, 9.17) is 0 Å². The Morgan fingerprint density at radius 2 is 2.00 bits per heavy atom. The third kappa shape index (κ3) is 3.31. The van der Waals surface area contributed by atoms with E-state index >= 15 is 0 Å². The van der Waals surface area contributed by atoms with Crippen LogP contribution in [-0.2, 0) is 6.54 Å². The van der Waals surface area contributed by atoms with E-state index in [2.05, 4.69) is 10.1 Å². The quantitative estimate of drug-likeness (QED) is 0.541.